The Balaban J connectivity index is 2.40. The van der Waals surface area contributed by atoms with Crippen LogP contribution in [0.2, 0.25) is 0 Å². The Morgan fingerprint density at radius 2 is 2.07 bits per heavy atom. The molecular weight excluding hydrogens is 179 g/mol. The standard InChI is InChI=1S/C12H15FO/c1-8-7-10(13)5-6-11(8)12(2,14)9-3-4-9/h5-7,9,14H,3-4H2,1-2H3. The zero-order chi connectivity index (χ0) is 10.3. The van der Waals surface area contributed by atoms with Gasteiger partial charge in [-0.05, 0) is 55.9 Å². The van der Waals surface area contributed by atoms with E-state index in [1.165, 1.54) is 12.1 Å². The molecule has 2 heteroatoms. The van der Waals surface area contributed by atoms with Crippen LogP contribution < -0.4 is 0 Å². The number of aryl methyl sites for hydroxylation is 1. The molecule has 1 aromatic rings. The van der Waals surface area contributed by atoms with Gasteiger partial charge in [0.1, 0.15) is 5.82 Å². The first-order chi connectivity index (χ1) is 6.51. The van der Waals surface area contributed by atoms with E-state index in [4.69, 9.17) is 0 Å². The summed E-state index contributed by atoms with van der Waals surface area (Å²) in [6.07, 6.45) is 2.15. The fraction of sp³-hybridized carbons (Fsp3) is 0.500. The van der Waals surface area contributed by atoms with Crippen molar-refractivity contribution in [3.8, 4) is 0 Å². The Morgan fingerprint density at radius 3 is 2.57 bits per heavy atom. The molecule has 1 fully saturated rings. The van der Waals surface area contributed by atoms with Crippen LogP contribution in [0.15, 0.2) is 18.2 Å². The second-order valence-corrected chi connectivity index (χ2v) is 4.38. The number of hydrogen-bond donors (Lipinski definition) is 1. The molecule has 76 valence electrons. The molecule has 1 atom stereocenters. The minimum atomic E-state index is -0.780. The molecule has 0 saturated heterocycles. The van der Waals surface area contributed by atoms with Gasteiger partial charge in [0, 0.05) is 0 Å². The van der Waals surface area contributed by atoms with Crippen LogP contribution in [0.1, 0.15) is 30.9 Å². The molecule has 0 amide bonds. The second-order valence-electron chi connectivity index (χ2n) is 4.38. The predicted molar refractivity (Wildman–Crippen MR) is 53.4 cm³/mol. The summed E-state index contributed by atoms with van der Waals surface area (Å²) in [6, 6.07) is 4.59. The molecule has 14 heavy (non-hydrogen) atoms. The summed E-state index contributed by atoms with van der Waals surface area (Å²) in [6.45, 7) is 3.67. The Labute approximate surface area is 83.6 Å². The van der Waals surface area contributed by atoms with Crippen molar-refractivity contribution in [2.75, 3.05) is 0 Å². The summed E-state index contributed by atoms with van der Waals surface area (Å²) in [7, 11) is 0. The smallest absolute Gasteiger partial charge is 0.123 e. The third kappa shape index (κ3) is 1.55. The molecule has 0 radical (unpaired) electrons. The van der Waals surface area contributed by atoms with Crippen LogP contribution in [0, 0.1) is 18.7 Å². The summed E-state index contributed by atoms with van der Waals surface area (Å²) < 4.78 is 12.9. The zero-order valence-corrected chi connectivity index (χ0v) is 8.55. The lowest BCUT2D eigenvalue weighted by Gasteiger charge is -2.25. The fourth-order valence-electron chi connectivity index (χ4n) is 2.06. The first-order valence-electron chi connectivity index (χ1n) is 5.01. The van der Waals surface area contributed by atoms with E-state index in [9.17, 15) is 9.50 Å². The van der Waals surface area contributed by atoms with Gasteiger partial charge in [-0.3, -0.25) is 0 Å². The van der Waals surface area contributed by atoms with Crippen molar-refractivity contribution in [3.63, 3.8) is 0 Å². The molecule has 2 rings (SSSR count). The summed E-state index contributed by atoms with van der Waals surface area (Å²) >= 11 is 0. The molecule has 1 aliphatic rings. The van der Waals surface area contributed by atoms with E-state index in [1.807, 2.05) is 13.8 Å². The SMILES string of the molecule is Cc1cc(F)ccc1C(C)(O)C1CC1. The average Bonchev–Trinajstić information content (AvgIpc) is 2.84. The molecule has 1 saturated carbocycles. The Hall–Kier alpha value is -0.890. The minimum absolute atomic E-state index is 0.238. The Bertz CT molecular complexity index is 353. The van der Waals surface area contributed by atoms with Crippen molar-refractivity contribution in [1.82, 2.24) is 0 Å². The van der Waals surface area contributed by atoms with Gasteiger partial charge in [0.05, 0.1) is 5.60 Å². The quantitative estimate of drug-likeness (QED) is 0.767. The van der Waals surface area contributed by atoms with Crippen molar-refractivity contribution in [3.05, 3.63) is 35.1 Å². The van der Waals surface area contributed by atoms with Gasteiger partial charge in [-0.2, -0.15) is 0 Å². The lowest BCUT2D eigenvalue weighted by atomic mass is 9.88. The highest BCUT2D eigenvalue weighted by atomic mass is 19.1. The normalized spacial score (nSPS) is 20.6. The molecule has 1 unspecified atom stereocenters. The maximum atomic E-state index is 12.9. The molecule has 0 aliphatic heterocycles. The molecule has 1 N–H and O–H groups in total. The van der Waals surface area contributed by atoms with Crippen LogP contribution in [0.3, 0.4) is 0 Å². The van der Waals surface area contributed by atoms with Gasteiger partial charge in [0.25, 0.3) is 0 Å². The van der Waals surface area contributed by atoms with E-state index >= 15 is 0 Å². The fourth-order valence-corrected chi connectivity index (χ4v) is 2.06. The number of rotatable bonds is 2. The highest BCUT2D eigenvalue weighted by Gasteiger charge is 2.41. The molecule has 1 aliphatic carbocycles. The predicted octanol–water partition coefficient (Wildman–Crippen LogP) is 2.75. The third-order valence-electron chi connectivity index (χ3n) is 3.11. The van der Waals surface area contributed by atoms with E-state index in [-0.39, 0.29) is 5.82 Å². The van der Waals surface area contributed by atoms with Crippen LogP contribution in [-0.2, 0) is 5.60 Å². The first kappa shape index (κ1) is 9.66. The molecular formula is C12H15FO. The van der Waals surface area contributed by atoms with Gasteiger partial charge >= 0.3 is 0 Å². The highest BCUT2D eigenvalue weighted by molar-refractivity contribution is 5.32. The van der Waals surface area contributed by atoms with Crippen molar-refractivity contribution in [2.24, 2.45) is 5.92 Å². The molecule has 0 aromatic heterocycles. The second kappa shape index (κ2) is 3.06. The monoisotopic (exact) mass is 194 g/mol. The van der Waals surface area contributed by atoms with E-state index in [0.29, 0.717) is 5.92 Å². The Morgan fingerprint density at radius 1 is 1.43 bits per heavy atom. The van der Waals surface area contributed by atoms with Crippen molar-refractivity contribution in [1.29, 1.82) is 0 Å². The summed E-state index contributed by atoms with van der Waals surface area (Å²) in [4.78, 5) is 0. The summed E-state index contributed by atoms with van der Waals surface area (Å²) in [5, 5.41) is 10.3. The van der Waals surface area contributed by atoms with Crippen LogP contribution in [-0.4, -0.2) is 5.11 Å². The first-order valence-corrected chi connectivity index (χ1v) is 5.01. The van der Waals surface area contributed by atoms with E-state index in [2.05, 4.69) is 0 Å². The van der Waals surface area contributed by atoms with Crippen molar-refractivity contribution < 1.29 is 9.50 Å². The van der Waals surface area contributed by atoms with E-state index in [0.717, 1.165) is 24.0 Å². The molecule has 1 nitrogen and oxygen atoms in total. The van der Waals surface area contributed by atoms with Crippen LogP contribution >= 0.6 is 0 Å². The molecule has 0 heterocycles. The largest absolute Gasteiger partial charge is 0.385 e. The topological polar surface area (TPSA) is 20.2 Å². The summed E-state index contributed by atoms with van der Waals surface area (Å²) in [5.74, 6) is 0.115. The van der Waals surface area contributed by atoms with Gasteiger partial charge < -0.3 is 5.11 Å². The van der Waals surface area contributed by atoms with Crippen LogP contribution in [0.25, 0.3) is 0 Å². The minimum Gasteiger partial charge on any atom is -0.385 e. The number of halogens is 1. The van der Waals surface area contributed by atoms with E-state index in [1.54, 1.807) is 6.07 Å². The maximum Gasteiger partial charge on any atom is 0.123 e. The highest BCUT2D eigenvalue weighted by Crippen LogP contribution is 2.46. The van der Waals surface area contributed by atoms with Gasteiger partial charge in [-0.15, -0.1) is 0 Å². The molecule has 1 aromatic carbocycles. The lowest BCUT2D eigenvalue weighted by molar-refractivity contribution is 0.0324. The van der Waals surface area contributed by atoms with Crippen LogP contribution in [0.5, 0.6) is 0 Å². The lowest BCUT2D eigenvalue weighted by Crippen LogP contribution is -2.24. The van der Waals surface area contributed by atoms with Gasteiger partial charge in [0.2, 0.25) is 0 Å². The molecule has 0 bridgehead atoms. The molecule has 0 spiro atoms. The van der Waals surface area contributed by atoms with Crippen LogP contribution in [0.4, 0.5) is 4.39 Å². The van der Waals surface area contributed by atoms with Gasteiger partial charge in [-0.1, -0.05) is 6.07 Å². The number of aliphatic hydroxyl groups is 1. The van der Waals surface area contributed by atoms with E-state index < -0.39 is 5.60 Å². The van der Waals surface area contributed by atoms with Crippen molar-refractivity contribution >= 4 is 0 Å². The number of benzene rings is 1. The van der Waals surface area contributed by atoms with Gasteiger partial charge in [-0.25, -0.2) is 4.39 Å². The third-order valence-corrected chi connectivity index (χ3v) is 3.11. The maximum absolute atomic E-state index is 12.9. The summed E-state index contributed by atoms with van der Waals surface area (Å²) in [5.41, 5.74) is 0.918. The zero-order valence-electron chi connectivity index (χ0n) is 8.55. The van der Waals surface area contributed by atoms with Crippen molar-refractivity contribution in [2.45, 2.75) is 32.3 Å². The average molecular weight is 194 g/mol. The van der Waals surface area contributed by atoms with Gasteiger partial charge in [0.15, 0.2) is 0 Å². The number of hydrogen-bond acceptors (Lipinski definition) is 1. The Kier molecular flexibility index (Phi) is 2.11.